The Hall–Kier alpha value is -0.390. The number of rotatable bonds is 3. The molecule has 0 bridgehead atoms. The lowest BCUT2D eigenvalue weighted by Crippen LogP contribution is -2.19. The molecule has 0 radical (unpaired) electrons. The summed E-state index contributed by atoms with van der Waals surface area (Å²) < 4.78 is 0. The molecule has 2 atom stereocenters. The first-order chi connectivity index (χ1) is 5.65. The van der Waals surface area contributed by atoms with Crippen LogP contribution in [0, 0.1) is 6.92 Å². The first-order valence-corrected chi connectivity index (χ1v) is 4.71. The maximum Gasteiger partial charge on any atom is 0.122 e. The summed E-state index contributed by atoms with van der Waals surface area (Å²) in [5, 5.41) is 19.0. The minimum absolute atomic E-state index is 0.340. The van der Waals surface area contributed by atoms with Crippen LogP contribution >= 0.6 is 15.9 Å². The standard InChI is InChI=1S/C7H11BrN2O2/c1-4-9-3-5(10-4)7(12)6(11)2-8/h3,6-7,11-12H,2H2,1H3,(H,9,10). The normalized spacial score (nSPS) is 16.0. The van der Waals surface area contributed by atoms with E-state index in [0.29, 0.717) is 11.0 Å². The van der Waals surface area contributed by atoms with Crippen molar-refractivity contribution in [2.24, 2.45) is 0 Å². The molecule has 68 valence electrons. The van der Waals surface area contributed by atoms with E-state index in [2.05, 4.69) is 25.9 Å². The minimum atomic E-state index is -0.898. The number of nitrogens with one attached hydrogen (secondary N) is 1. The van der Waals surface area contributed by atoms with Gasteiger partial charge < -0.3 is 15.2 Å². The molecule has 0 amide bonds. The lowest BCUT2D eigenvalue weighted by atomic mass is 10.2. The smallest absolute Gasteiger partial charge is 0.122 e. The summed E-state index contributed by atoms with van der Waals surface area (Å²) in [6.07, 6.45) is -0.179. The fourth-order valence-electron chi connectivity index (χ4n) is 0.882. The highest BCUT2D eigenvalue weighted by molar-refractivity contribution is 9.09. The molecule has 0 aliphatic heterocycles. The van der Waals surface area contributed by atoms with Crippen molar-refractivity contribution in [3.05, 3.63) is 17.7 Å². The van der Waals surface area contributed by atoms with Crippen LogP contribution in [0.3, 0.4) is 0 Å². The summed E-state index contributed by atoms with van der Waals surface area (Å²) in [6, 6.07) is 0. The molecule has 2 unspecified atom stereocenters. The SMILES string of the molecule is Cc1ncc(C(O)C(O)CBr)[nH]1. The van der Waals surface area contributed by atoms with Gasteiger partial charge in [0.25, 0.3) is 0 Å². The van der Waals surface area contributed by atoms with Gasteiger partial charge in [-0.15, -0.1) is 0 Å². The van der Waals surface area contributed by atoms with Crippen molar-refractivity contribution in [2.45, 2.75) is 19.1 Å². The van der Waals surface area contributed by atoms with Crippen molar-refractivity contribution in [2.75, 3.05) is 5.33 Å². The number of hydrogen-bond donors (Lipinski definition) is 3. The quantitative estimate of drug-likeness (QED) is 0.668. The number of H-pyrrole nitrogens is 1. The Labute approximate surface area is 78.8 Å². The molecule has 12 heavy (non-hydrogen) atoms. The molecule has 4 nitrogen and oxygen atoms in total. The van der Waals surface area contributed by atoms with Crippen LogP contribution in [0.1, 0.15) is 17.6 Å². The summed E-state index contributed by atoms with van der Waals surface area (Å²) >= 11 is 3.08. The lowest BCUT2D eigenvalue weighted by Gasteiger charge is -2.12. The van der Waals surface area contributed by atoms with Crippen LogP contribution in [0.2, 0.25) is 0 Å². The zero-order valence-electron chi connectivity index (χ0n) is 6.66. The number of aliphatic hydroxyl groups excluding tert-OH is 2. The number of halogens is 1. The number of aryl methyl sites for hydroxylation is 1. The van der Waals surface area contributed by atoms with Gasteiger partial charge in [-0.1, -0.05) is 15.9 Å². The zero-order chi connectivity index (χ0) is 9.14. The van der Waals surface area contributed by atoms with Crippen LogP contribution < -0.4 is 0 Å². The summed E-state index contributed by atoms with van der Waals surface area (Å²) in [6.45, 7) is 1.79. The number of aromatic amines is 1. The number of imidazole rings is 1. The van der Waals surface area contributed by atoms with Crippen molar-refractivity contribution in [3.8, 4) is 0 Å². The number of aromatic nitrogens is 2. The van der Waals surface area contributed by atoms with Gasteiger partial charge in [0.15, 0.2) is 0 Å². The summed E-state index contributed by atoms with van der Waals surface area (Å²) in [5.74, 6) is 0.728. The number of aliphatic hydroxyl groups is 2. The largest absolute Gasteiger partial charge is 0.389 e. The van der Waals surface area contributed by atoms with Crippen molar-refractivity contribution in [1.82, 2.24) is 9.97 Å². The van der Waals surface area contributed by atoms with E-state index in [9.17, 15) is 10.2 Å². The molecule has 0 saturated carbocycles. The molecular formula is C7H11BrN2O2. The van der Waals surface area contributed by atoms with E-state index in [-0.39, 0.29) is 0 Å². The van der Waals surface area contributed by atoms with Crippen LogP contribution in [0.5, 0.6) is 0 Å². The van der Waals surface area contributed by atoms with Gasteiger partial charge in [0, 0.05) is 5.33 Å². The minimum Gasteiger partial charge on any atom is -0.389 e. The van der Waals surface area contributed by atoms with Gasteiger partial charge in [-0.2, -0.15) is 0 Å². The Kier molecular flexibility index (Phi) is 3.25. The van der Waals surface area contributed by atoms with Gasteiger partial charge in [-0.25, -0.2) is 4.98 Å². The van der Waals surface area contributed by atoms with Crippen LogP contribution in [-0.4, -0.2) is 31.6 Å². The number of nitrogens with zero attached hydrogens (tertiary/aromatic N) is 1. The molecule has 5 heteroatoms. The highest BCUT2D eigenvalue weighted by Gasteiger charge is 2.18. The van der Waals surface area contributed by atoms with Crippen LogP contribution in [-0.2, 0) is 0 Å². The topological polar surface area (TPSA) is 69.1 Å². The Morgan fingerprint density at radius 1 is 1.67 bits per heavy atom. The summed E-state index contributed by atoms with van der Waals surface area (Å²) in [4.78, 5) is 6.76. The Balaban J connectivity index is 2.70. The van der Waals surface area contributed by atoms with Gasteiger partial charge in [0.1, 0.15) is 11.9 Å². The fraction of sp³-hybridized carbons (Fsp3) is 0.571. The van der Waals surface area contributed by atoms with Gasteiger partial charge in [-0.05, 0) is 6.92 Å². The van der Waals surface area contributed by atoms with Gasteiger partial charge in [0.2, 0.25) is 0 Å². The van der Waals surface area contributed by atoms with Crippen molar-refractivity contribution < 1.29 is 10.2 Å². The molecule has 1 rings (SSSR count). The first kappa shape index (κ1) is 9.70. The van der Waals surface area contributed by atoms with Crippen LogP contribution in [0.4, 0.5) is 0 Å². The molecule has 1 aromatic rings. The van der Waals surface area contributed by atoms with E-state index in [1.165, 1.54) is 6.20 Å². The molecule has 1 heterocycles. The molecule has 0 saturated heterocycles. The zero-order valence-corrected chi connectivity index (χ0v) is 8.24. The summed E-state index contributed by atoms with van der Waals surface area (Å²) in [7, 11) is 0. The monoisotopic (exact) mass is 234 g/mol. The Morgan fingerprint density at radius 2 is 2.33 bits per heavy atom. The molecule has 3 N–H and O–H groups in total. The average molecular weight is 235 g/mol. The predicted octanol–water partition coefficient (Wildman–Crippen LogP) is 0.507. The second-order valence-corrected chi connectivity index (χ2v) is 3.24. The average Bonchev–Trinajstić information content (AvgIpc) is 2.49. The fourth-order valence-corrected chi connectivity index (χ4v) is 1.24. The predicted molar refractivity (Wildman–Crippen MR) is 48.1 cm³/mol. The van der Waals surface area contributed by atoms with Crippen LogP contribution in [0.25, 0.3) is 0 Å². The van der Waals surface area contributed by atoms with Crippen molar-refractivity contribution in [1.29, 1.82) is 0 Å². The van der Waals surface area contributed by atoms with E-state index < -0.39 is 12.2 Å². The molecule has 0 aliphatic carbocycles. The third-order valence-electron chi connectivity index (χ3n) is 1.56. The molecule has 0 spiro atoms. The highest BCUT2D eigenvalue weighted by Crippen LogP contribution is 2.15. The Bertz CT molecular complexity index is 251. The number of alkyl halides is 1. The molecule has 1 aromatic heterocycles. The molecule has 0 aromatic carbocycles. The van der Waals surface area contributed by atoms with Gasteiger partial charge in [0.05, 0.1) is 18.0 Å². The maximum absolute atomic E-state index is 9.45. The maximum atomic E-state index is 9.45. The Morgan fingerprint density at radius 3 is 2.75 bits per heavy atom. The second-order valence-electron chi connectivity index (χ2n) is 2.59. The number of hydrogen-bond acceptors (Lipinski definition) is 3. The van der Waals surface area contributed by atoms with Gasteiger partial charge in [-0.3, -0.25) is 0 Å². The summed E-state index contributed by atoms with van der Waals surface area (Å²) in [5.41, 5.74) is 0.541. The molecular weight excluding hydrogens is 224 g/mol. The van der Waals surface area contributed by atoms with E-state index in [1.54, 1.807) is 6.92 Å². The third-order valence-corrected chi connectivity index (χ3v) is 2.23. The molecule has 0 fully saturated rings. The first-order valence-electron chi connectivity index (χ1n) is 3.58. The van der Waals surface area contributed by atoms with Crippen LogP contribution in [0.15, 0.2) is 6.20 Å². The van der Waals surface area contributed by atoms with Crippen molar-refractivity contribution in [3.63, 3.8) is 0 Å². The highest BCUT2D eigenvalue weighted by atomic mass is 79.9. The molecule has 0 aliphatic rings. The van der Waals surface area contributed by atoms with E-state index in [4.69, 9.17) is 0 Å². The van der Waals surface area contributed by atoms with Crippen molar-refractivity contribution >= 4 is 15.9 Å². The van der Waals surface area contributed by atoms with Gasteiger partial charge >= 0.3 is 0 Å². The van der Waals surface area contributed by atoms with E-state index >= 15 is 0 Å². The van der Waals surface area contributed by atoms with E-state index in [1.807, 2.05) is 0 Å². The van der Waals surface area contributed by atoms with E-state index in [0.717, 1.165) is 5.82 Å². The third kappa shape index (κ3) is 2.06. The lowest BCUT2D eigenvalue weighted by molar-refractivity contribution is 0.0317. The second kappa shape index (κ2) is 4.02.